The van der Waals surface area contributed by atoms with Gasteiger partial charge in [0.05, 0.1) is 36.8 Å². The molecular weight excluding hydrogens is 284 g/mol. The van der Waals surface area contributed by atoms with Gasteiger partial charge in [-0.2, -0.15) is 5.10 Å². The molecule has 0 bridgehead atoms. The fourth-order valence-electron chi connectivity index (χ4n) is 2.75. The number of furan rings is 1. The number of aromatic nitrogens is 2. The maximum Gasteiger partial charge on any atom is 0.244 e. The van der Waals surface area contributed by atoms with Crippen molar-refractivity contribution in [3.8, 4) is 0 Å². The van der Waals surface area contributed by atoms with Crippen LogP contribution in [-0.4, -0.2) is 42.0 Å². The van der Waals surface area contributed by atoms with E-state index in [0.29, 0.717) is 13.2 Å². The molecule has 0 unspecified atom stereocenters. The van der Waals surface area contributed by atoms with Gasteiger partial charge >= 0.3 is 0 Å². The van der Waals surface area contributed by atoms with Crippen molar-refractivity contribution in [2.24, 2.45) is 7.05 Å². The van der Waals surface area contributed by atoms with Crippen LogP contribution in [0.2, 0.25) is 0 Å². The first kappa shape index (κ1) is 14.8. The Kier molecular flexibility index (Phi) is 4.26. The second-order valence-corrected chi connectivity index (χ2v) is 5.39. The van der Waals surface area contributed by atoms with Gasteiger partial charge in [-0.3, -0.25) is 14.8 Å². The summed E-state index contributed by atoms with van der Waals surface area (Å²) in [5, 5.41) is 7.46. The first-order valence-corrected chi connectivity index (χ1v) is 7.27. The summed E-state index contributed by atoms with van der Waals surface area (Å²) in [6.07, 6.45) is 5.92. The topological polar surface area (TPSA) is 72.5 Å². The molecule has 1 amide bonds. The van der Waals surface area contributed by atoms with E-state index in [-0.39, 0.29) is 18.0 Å². The molecule has 22 heavy (non-hydrogen) atoms. The van der Waals surface area contributed by atoms with Gasteiger partial charge in [-0.15, -0.1) is 0 Å². The Balaban J connectivity index is 1.69. The number of methoxy groups -OCH3 is 1. The molecule has 3 rings (SSSR count). The SMILES string of the molecule is COC[C@@H](N[C@H]1CCN(c2cnn(C)c2)C1=O)c1ccco1. The maximum absolute atomic E-state index is 12.6. The van der Waals surface area contributed by atoms with E-state index in [1.54, 1.807) is 29.2 Å². The first-order valence-electron chi connectivity index (χ1n) is 7.27. The molecule has 0 saturated carbocycles. The van der Waals surface area contributed by atoms with Crippen LogP contribution in [0.5, 0.6) is 0 Å². The first-order chi connectivity index (χ1) is 10.7. The van der Waals surface area contributed by atoms with Gasteiger partial charge in [-0.05, 0) is 18.6 Å². The summed E-state index contributed by atoms with van der Waals surface area (Å²) in [6, 6.07) is 3.33. The molecule has 7 heteroatoms. The third kappa shape index (κ3) is 2.90. The molecule has 0 spiro atoms. The number of aryl methyl sites for hydroxylation is 1. The van der Waals surface area contributed by atoms with Gasteiger partial charge in [-0.25, -0.2) is 0 Å². The van der Waals surface area contributed by atoms with E-state index in [1.165, 1.54) is 0 Å². The number of ether oxygens (including phenoxy) is 1. The summed E-state index contributed by atoms with van der Waals surface area (Å²) in [5.74, 6) is 0.829. The molecule has 1 aliphatic rings. The number of nitrogens with zero attached hydrogens (tertiary/aromatic N) is 3. The van der Waals surface area contributed by atoms with Crippen molar-refractivity contribution in [2.45, 2.75) is 18.5 Å². The highest BCUT2D eigenvalue weighted by Gasteiger charge is 2.35. The third-order valence-corrected chi connectivity index (χ3v) is 3.83. The highest BCUT2D eigenvalue weighted by Crippen LogP contribution is 2.23. The van der Waals surface area contributed by atoms with Crippen LogP contribution in [0, 0.1) is 0 Å². The zero-order valence-electron chi connectivity index (χ0n) is 12.7. The smallest absolute Gasteiger partial charge is 0.244 e. The second kappa shape index (κ2) is 6.33. The van der Waals surface area contributed by atoms with Crippen molar-refractivity contribution in [1.82, 2.24) is 15.1 Å². The van der Waals surface area contributed by atoms with Crippen molar-refractivity contribution in [1.29, 1.82) is 0 Å². The van der Waals surface area contributed by atoms with Gasteiger partial charge in [0.15, 0.2) is 0 Å². The van der Waals surface area contributed by atoms with E-state index < -0.39 is 0 Å². The fraction of sp³-hybridized carbons (Fsp3) is 0.467. The van der Waals surface area contributed by atoms with E-state index in [1.807, 2.05) is 25.4 Å². The summed E-state index contributed by atoms with van der Waals surface area (Å²) in [5.41, 5.74) is 0.832. The summed E-state index contributed by atoms with van der Waals surface area (Å²) < 4.78 is 12.3. The molecule has 0 aliphatic carbocycles. The van der Waals surface area contributed by atoms with Crippen LogP contribution in [0.4, 0.5) is 5.69 Å². The predicted octanol–water partition coefficient (Wildman–Crippen LogP) is 1.10. The van der Waals surface area contributed by atoms with Crippen LogP contribution in [0.15, 0.2) is 35.2 Å². The van der Waals surface area contributed by atoms with Crippen molar-refractivity contribution >= 4 is 11.6 Å². The minimum Gasteiger partial charge on any atom is -0.468 e. The van der Waals surface area contributed by atoms with Gasteiger partial charge in [0.2, 0.25) is 5.91 Å². The Morgan fingerprint density at radius 3 is 3.09 bits per heavy atom. The molecule has 2 aromatic heterocycles. The average molecular weight is 304 g/mol. The molecule has 1 N–H and O–H groups in total. The summed E-state index contributed by atoms with van der Waals surface area (Å²) in [7, 11) is 3.47. The van der Waals surface area contributed by atoms with Crippen molar-refractivity contribution in [3.05, 3.63) is 36.5 Å². The monoisotopic (exact) mass is 304 g/mol. The van der Waals surface area contributed by atoms with Gasteiger partial charge in [0, 0.05) is 26.9 Å². The van der Waals surface area contributed by atoms with Crippen molar-refractivity contribution in [2.75, 3.05) is 25.2 Å². The highest BCUT2D eigenvalue weighted by molar-refractivity contribution is 5.99. The fourth-order valence-corrected chi connectivity index (χ4v) is 2.75. The lowest BCUT2D eigenvalue weighted by Gasteiger charge is -2.20. The molecule has 1 aliphatic heterocycles. The summed E-state index contributed by atoms with van der Waals surface area (Å²) in [6.45, 7) is 1.13. The van der Waals surface area contributed by atoms with Crippen LogP contribution in [0.3, 0.4) is 0 Å². The van der Waals surface area contributed by atoms with Crippen LogP contribution < -0.4 is 10.2 Å². The second-order valence-electron chi connectivity index (χ2n) is 5.39. The molecule has 3 heterocycles. The van der Waals surface area contributed by atoms with Gasteiger partial charge in [0.25, 0.3) is 0 Å². The summed E-state index contributed by atoms with van der Waals surface area (Å²) >= 11 is 0. The van der Waals surface area contributed by atoms with Gasteiger partial charge in [0.1, 0.15) is 5.76 Å². The average Bonchev–Trinajstić information content (AvgIpc) is 3.21. The largest absolute Gasteiger partial charge is 0.468 e. The molecule has 1 saturated heterocycles. The third-order valence-electron chi connectivity index (χ3n) is 3.83. The van der Waals surface area contributed by atoms with Crippen molar-refractivity contribution in [3.63, 3.8) is 0 Å². The molecule has 0 aromatic carbocycles. The van der Waals surface area contributed by atoms with E-state index in [9.17, 15) is 4.79 Å². The Morgan fingerprint density at radius 2 is 2.45 bits per heavy atom. The molecule has 118 valence electrons. The Labute approximate surface area is 128 Å². The van der Waals surface area contributed by atoms with E-state index >= 15 is 0 Å². The molecule has 1 fully saturated rings. The zero-order chi connectivity index (χ0) is 15.5. The van der Waals surface area contributed by atoms with Gasteiger partial charge < -0.3 is 14.1 Å². The number of amides is 1. The highest BCUT2D eigenvalue weighted by atomic mass is 16.5. The standard InChI is InChI=1S/C15H20N4O3/c1-18-9-11(8-16-18)19-6-5-12(15(19)20)17-13(10-21-2)14-4-3-7-22-14/h3-4,7-9,12-13,17H,5-6,10H2,1-2H3/t12-,13+/m0/s1. The van der Waals surface area contributed by atoms with Crippen LogP contribution in [0.1, 0.15) is 18.2 Å². The van der Waals surface area contributed by atoms with Crippen LogP contribution >= 0.6 is 0 Å². The van der Waals surface area contributed by atoms with Crippen LogP contribution in [-0.2, 0) is 16.6 Å². The zero-order valence-corrected chi connectivity index (χ0v) is 12.7. The van der Waals surface area contributed by atoms with E-state index in [4.69, 9.17) is 9.15 Å². The number of carbonyl (C=O) groups excluding carboxylic acids is 1. The molecule has 2 atom stereocenters. The predicted molar refractivity (Wildman–Crippen MR) is 80.4 cm³/mol. The van der Waals surface area contributed by atoms with Crippen molar-refractivity contribution < 1.29 is 13.9 Å². The normalized spacial score (nSPS) is 19.8. The number of hydrogen-bond donors (Lipinski definition) is 1. The summed E-state index contributed by atoms with van der Waals surface area (Å²) in [4.78, 5) is 14.3. The quantitative estimate of drug-likeness (QED) is 0.865. The molecule has 2 aromatic rings. The number of carbonyl (C=O) groups is 1. The minimum absolute atomic E-state index is 0.0562. The Hall–Kier alpha value is -2.12. The molecule has 0 radical (unpaired) electrons. The molecule has 7 nitrogen and oxygen atoms in total. The Bertz CT molecular complexity index is 623. The Morgan fingerprint density at radius 1 is 1.59 bits per heavy atom. The maximum atomic E-state index is 12.6. The van der Waals surface area contributed by atoms with Gasteiger partial charge in [-0.1, -0.05) is 0 Å². The lowest BCUT2D eigenvalue weighted by Crippen LogP contribution is -2.41. The molecular formula is C15H20N4O3. The van der Waals surface area contributed by atoms with E-state index in [2.05, 4.69) is 10.4 Å². The number of rotatable bonds is 6. The number of hydrogen-bond acceptors (Lipinski definition) is 5. The number of nitrogens with one attached hydrogen (secondary N) is 1. The lowest BCUT2D eigenvalue weighted by molar-refractivity contribution is -0.119. The number of anilines is 1. The van der Waals surface area contributed by atoms with Crippen LogP contribution in [0.25, 0.3) is 0 Å². The van der Waals surface area contributed by atoms with E-state index in [0.717, 1.165) is 17.9 Å². The lowest BCUT2D eigenvalue weighted by atomic mass is 10.1. The minimum atomic E-state index is -0.245.